The molecular formula is C9H15N2O12PS. The van der Waals surface area contributed by atoms with E-state index in [-0.39, 0.29) is 0 Å². The third kappa shape index (κ3) is 4.52. The number of nitrogens with zero attached hydrogens (tertiary/aromatic N) is 1. The lowest BCUT2D eigenvalue weighted by atomic mass is 10.1. The number of amides is 3. The maximum Gasteiger partial charge on any atom is 0.469 e. The number of aliphatic hydroxyl groups is 2. The molecular weight excluding hydrogens is 391 g/mol. The zero-order valence-corrected chi connectivity index (χ0v) is 13.9. The van der Waals surface area contributed by atoms with Crippen molar-refractivity contribution >= 4 is 29.9 Å². The Morgan fingerprint density at radius 3 is 2.40 bits per heavy atom. The van der Waals surface area contributed by atoms with E-state index in [9.17, 15) is 37.3 Å². The van der Waals surface area contributed by atoms with E-state index in [1.54, 1.807) is 5.32 Å². The molecule has 2 saturated heterocycles. The quantitative estimate of drug-likeness (QED) is 0.195. The van der Waals surface area contributed by atoms with Gasteiger partial charge in [-0.25, -0.2) is 9.36 Å². The van der Waals surface area contributed by atoms with Crippen LogP contribution in [0.1, 0.15) is 6.42 Å². The molecule has 2 heterocycles. The molecule has 0 saturated carbocycles. The van der Waals surface area contributed by atoms with Gasteiger partial charge in [0.1, 0.15) is 18.3 Å². The summed E-state index contributed by atoms with van der Waals surface area (Å²) in [6.07, 6.45) is -7.92. The summed E-state index contributed by atoms with van der Waals surface area (Å²) in [7, 11) is -9.88. The SMILES string of the molecule is O=C1CC(S(=O)(=O)O)N([C@@H]2O[C@H](COP(=O)(O)O)[C@@H](O)[C@H]2O)C(=O)N1. The number of urea groups is 1. The Hall–Kier alpha value is -1.16. The zero-order chi connectivity index (χ0) is 19.2. The van der Waals surface area contributed by atoms with Gasteiger partial charge in [-0.05, 0) is 0 Å². The van der Waals surface area contributed by atoms with E-state index in [4.69, 9.17) is 14.5 Å². The molecule has 0 bridgehead atoms. The molecule has 0 radical (unpaired) electrons. The number of phosphoric acid groups is 1. The molecule has 2 fully saturated rings. The molecule has 0 aromatic rings. The molecule has 0 spiro atoms. The Morgan fingerprint density at radius 1 is 1.28 bits per heavy atom. The van der Waals surface area contributed by atoms with Crippen molar-refractivity contribution in [2.45, 2.75) is 36.3 Å². The molecule has 144 valence electrons. The lowest BCUT2D eigenvalue weighted by Crippen LogP contribution is -2.63. The molecule has 14 nitrogen and oxygen atoms in total. The van der Waals surface area contributed by atoms with Crippen LogP contribution in [0.4, 0.5) is 4.79 Å². The number of hydrogen-bond acceptors (Lipinski definition) is 9. The number of ether oxygens (including phenoxy) is 1. The standard InChI is InChI=1S/C9H15N2O12PS/c12-4-1-5(25(19,20)21)11(9(15)10-4)8-7(14)6(13)3(23-8)2-22-24(16,17)18/h3,5-8,13-14H,1-2H2,(H,10,12,15)(H2,16,17,18)(H,19,20,21)/t3-,5?,6-,7-,8-/m1/s1. The van der Waals surface area contributed by atoms with Crippen molar-refractivity contribution in [2.24, 2.45) is 0 Å². The number of aliphatic hydroxyl groups excluding tert-OH is 2. The predicted octanol–water partition coefficient (Wildman–Crippen LogP) is -3.30. The summed E-state index contributed by atoms with van der Waals surface area (Å²) in [4.78, 5) is 40.8. The number of hydrogen-bond donors (Lipinski definition) is 6. The molecule has 16 heteroatoms. The number of carbonyl (C=O) groups is 2. The van der Waals surface area contributed by atoms with Crippen LogP contribution in [0.2, 0.25) is 0 Å². The fourth-order valence-corrected chi connectivity index (χ4v) is 3.62. The second-order valence-electron chi connectivity index (χ2n) is 5.27. The van der Waals surface area contributed by atoms with Gasteiger partial charge >= 0.3 is 13.9 Å². The van der Waals surface area contributed by atoms with Crippen LogP contribution < -0.4 is 5.32 Å². The van der Waals surface area contributed by atoms with Crippen LogP contribution in [-0.4, -0.2) is 86.3 Å². The van der Waals surface area contributed by atoms with Gasteiger partial charge in [-0.3, -0.25) is 24.1 Å². The average Bonchev–Trinajstić information content (AvgIpc) is 2.71. The van der Waals surface area contributed by atoms with E-state index in [2.05, 4.69) is 4.52 Å². The third-order valence-electron chi connectivity index (χ3n) is 3.51. The second kappa shape index (κ2) is 6.86. The Kier molecular flexibility index (Phi) is 5.53. The normalized spacial score (nSPS) is 34.3. The van der Waals surface area contributed by atoms with Crippen LogP contribution >= 0.6 is 7.82 Å². The minimum absolute atomic E-state index is 0.308. The highest BCUT2D eigenvalue weighted by Crippen LogP contribution is 2.38. The van der Waals surface area contributed by atoms with E-state index in [0.29, 0.717) is 4.90 Å². The van der Waals surface area contributed by atoms with Gasteiger partial charge in [0.15, 0.2) is 11.6 Å². The van der Waals surface area contributed by atoms with Crippen molar-refractivity contribution in [3.05, 3.63) is 0 Å². The summed E-state index contributed by atoms with van der Waals surface area (Å²) >= 11 is 0. The summed E-state index contributed by atoms with van der Waals surface area (Å²) in [6.45, 7) is -0.885. The van der Waals surface area contributed by atoms with Crippen molar-refractivity contribution in [1.29, 1.82) is 0 Å². The van der Waals surface area contributed by atoms with Crippen molar-refractivity contribution in [2.75, 3.05) is 6.61 Å². The Balaban J connectivity index is 2.24. The Labute approximate surface area is 140 Å². The van der Waals surface area contributed by atoms with Crippen molar-refractivity contribution in [3.8, 4) is 0 Å². The van der Waals surface area contributed by atoms with E-state index in [1.165, 1.54) is 0 Å². The van der Waals surface area contributed by atoms with Gasteiger partial charge in [0, 0.05) is 0 Å². The third-order valence-corrected chi connectivity index (χ3v) is 5.08. The van der Waals surface area contributed by atoms with Gasteiger partial charge < -0.3 is 24.7 Å². The van der Waals surface area contributed by atoms with Crippen molar-refractivity contribution < 1.29 is 56.4 Å². The van der Waals surface area contributed by atoms with Crippen molar-refractivity contribution in [3.63, 3.8) is 0 Å². The van der Waals surface area contributed by atoms with Crippen LogP contribution in [0.3, 0.4) is 0 Å². The predicted molar refractivity (Wildman–Crippen MR) is 74.0 cm³/mol. The van der Waals surface area contributed by atoms with Gasteiger partial charge in [-0.15, -0.1) is 0 Å². The number of rotatable bonds is 5. The lowest BCUT2D eigenvalue weighted by molar-refractivity contribution is -0.127. The van der Waals surface area contributed by atoms with Gasteiger partial charge in [0.25, 0.3) is 10.1 Å². The monoisotopic (exact) mass is 406 g/mol. The highest BCUT2D eigenvalue weighted by atomic mass is 32.2. The topological polar surface area (TPSA) is 220 Å². The zero-order valence-electron chi connectivity index (χ0n) is 12.2. The van der Waals surface area contributed by atoms with Crippen LogP contribution in [0.25, 0.3) is 0 Å². The lowest BCUT2D eigenvalue weighted by Gasteiger charge is -2.37. The molecule has 25 heavy (non-hydrogen) atoms. The van der Waals surface area contributed by atoms with Gasteiger partial charge in [-0.1, -0.05) is 0 Å². The summed E-state index contributed by atoms with van der Waals surface area (Å²) in [5.41, 5.74) is 0. The summed E-state index contributed by atoms with van der Waals surface area (Å²) in [5, 5.41) is 19.5. The molecule has 6 N–H and O–H groups in total. The van der Waals surface area contributed by atoms with Crippen LogP contribution in [0, 0.1) is 0 Å². The van der Waals surface area contributed by atoms with Crippen LogP contribution in [0.15, 0.2) is 0 Å². The van der Waals surface area contributed by atoms with Crippen LogP contribution in [-0.2, 0) is 28.7 Å². The van der Waals surface area contributed by atoms with Crippen LogP contribution in [0.5, 0.6) is 0 Å². The van der Waals surface area contributed by atoms with E-state index >= 15 is 0 Å². The first-order valence-corrected chi connectivity index (χ1v) is 9.65. The second-order valence-corrected chi connectivity index (χ2v) is 8.08. The van der Waals surface area contributed by atoms with Gasteiger partial charge in [-0.2, -0.15) is 8.42 Å². The molecule has 1 unspecified atom stereocenters. The number of imide groups is 1. The largest absolute Gasteiger partial charge is 0.469 e. The molecule has 0 aliphatic carbocycles. The first-order chi connectivity index (χ1) is 11.3. The van der Waals surface area contributed by atoms with E-state index < -0.39 is 72.8 Å². The first kappa shape index (κ1) is 20.2. The van der Waals surface area contributed by atoms with E-state index in [1.807, 2.05) is 0 Å². The minimum Gasteiger partial charge on any atom is -0.387 e. The summed E-state index contributed by atoms with van der Waals surface area (Å²) in [6, 6.07) is -1.31. The fourth-order valence-electron chi connectivity index (χ4n) is 2.42. The smallest absolute Gasteiger partial charge is 0.387 e. The first-order valence-electron chi connectivity index (χ1n) is 6.61. The van der Waals surface area contributed by atoms with Gasteiger partial charge in [0.05, 0.1) is 13.0 Å². The Morgan fingerprint density at radius 2 is 1.88 bits per heavy atom. The molecule has 5 atom stereocenters. The summed E-state index contributed by atoms with van der Waals surface area (Å²) in [5.74, 6) is -1.00. The number of nitrogens with one attached hydrogen (secondary N) is 1. The molecule has 3 amide bonds. The highest BCUT2D eigenvalue weighted by molar-refractivity contribution is 7.86. The van der Waals surface area contributed by atoms with Gasteiger partial charge in [0.2, 0.25) is 5.91 Å². The molecule has 2 rings (SSSR count). The minimum atomic E-state index is -4.96. The molecule has 0 aromatic heterocycles. The maximum absolute atomic E-state index is 11.9. The van der Waals surface area contributed by atoms with Crippen molar-refractivity contribution in [1.82, 2.24) is 10.2 Å². The molecule has 2 aliphatic rings. The Bertz CT molecular complexity index is 705. The van der Waals surface area contributed by atoms with E-state index in [0.717, 1.165) is 0 Å². The molecule has 2 aliphatic heterocycles. The maximum atomic E-state index is 11.9. The number of carbonyl (C=O) groups excluding carboxylic acids is 2. The number of phosphoric ester groups is 1. The molecule has 0 aromatic carbocycles. The average molecular weight is 406 g/mol. The summed E-state index contributed by atoms with van der Waals surface area (Å²) < 4.78 is 51.9. The highest BCUT2D eigenvalue weighted by Gasteiger charge is 2.53. The fraction of sp³-hybridized carbons (Fsp3) is 0.778.